The number of hydrogen-bond donors (Lipinski definition) is 0. The van der Waals surface area contributed by atoms with Crippen molar-refractivity contribution in [2.45, 2.75) is 25.8 Å². The first kappa shape index (κ1) is 22.6. The first-order valence-electron chi connectivity index (χ1n) is 10.4. The fourth-order valence-corrected chi connectivity index (χ4v) is 4.75. The fraction of sp³-hybridized carbons (Fsp3) is 0.318. The highest BCUT2D eigenvalue weighted by atomic mass is 32.2. The van der Waals surface area contributed by atoms with Crippen LogP contribution in [-0.4, -0.2) is 54.6 Å². The lowest BCUT2D eigenvalue weighted by Gasteiger charge is -2.29. The molecule has 0 N–H and O–H groups in total. The summed E-state index contributed by atoms with van der Waals surface area (Å²) in [6, 6.07) is 11.6. The number of ketones is 1. The van der Waals surface area contributed by atoms with Gasteiger partial charge in [0.15, 0.2) is 12.4 Å². The molecule has 33 heavy (non-hydrogen) atoms. The van der Waals surface area contributed by atoms with E-state index in [1.807, 2.05) is 0 Å². The molecule has 172 valence electrons. The molecule has 0 radical (unpaired) electrons. The molecule has 0 unspecified atom stereocenters. The number of esters is 1. The van der Waals surface area contributed by atoms with Crippen LogP contribution in [0.5, 0.6) is 0 Å². The highest BCUT2D eigenvalue weighted by molar-refractivity contribution is 7.92. The minimum absolute atomic E-state index is 0.0239. The normalized spacial score (nSPS) is 13.5. The van der Waals surface area contributed by atoms with Crippen LogP contribution in [0.3, 0.4) is 0 Å². The Morgan fingerprint density at radius 2 is 1.94 bits per heavy atom. The smallest absolute Gasteiger partial charge is 0.308 e. The summed E-state index contributed by atoms with van der Waals surface area (Å²) in [7, 11) is -3.39. The van der Waals surface area contributed by atoms with E-state index in [4.69, 9.17) is 4.74 Å². The van der Waals surface area contributed by atoms with E-state index in [2.05, 4.69) is 10.3 Å². The van der Waals surface area contributed by atoms with Gasteiger partial charge in [-0.25, -0.2) is 13.1 Å². The zero-order valence-electron chi connectivity index (χ0n) is 17.9. The molecule has 0 bridgehead atoms. The lowest BCUT2D eigenvalue weighted by Crippen LogP contribution is -2.34. The number of hydrogen-bond acceptors (Lipinski definition) is 8. The van der Waals surface area contributed by atoms with Crippen LogP contribution in [0.4, 0.5) is 5.69 Å². The Morgan fingerprint density at radius 1 is 1.15 bits per heavy atom. The lowest BCUT2D eigenvalue weighted by molar-refractivity contribution is -0.142. The Morgan fingerprint density at radius 3 is 2.73 bits per heavy atom. The minimum atomic E-state index is -3.39. The van der Waals surface area contributed by atoms with Gasteiger partial charge in [0, 0.05) is 12.1 Å². The summed E-state index contributed by atoms with van der Waals surface area (Å²) in [6.07, 6.45) is 2.32. The number of carbonyl (C=O) groups is 2. The van der Waals surface area contributed by atoms with Crippen molar-refractivity contribution in [2.75, 3.05) is 23.7 Å². The highest BCUT2D eigenvalue weighted by Crippen LogP contribution is 2.30. The zero-order valence-corrected chi connectivity index (χ0v) is 18.7. The quantitative estimate of drug-likeness (QED) is 0.374. The molecule has 3 aromatic rings. The Labute approximate surface area is 189 Å². The van der Waals surface area contributed by atoms with Crippen LogP contribution >= 0.6 is 0 Å². The van der Waals surface area contributed by atoms with Crippen LogP contribution in [0.15, 0.2) is 47.3 Å². The van der Waals surface area contributed by atoms with E-state index in [0.29, 0.717) is 41.5 Å². The molecule has 11 heteroatoms. The van der Waals surface area contributed by atoms with Gasteiger partial charge in [-0.1, -0.05) is 17.3 Å². The number of ether oxygens (including phenoxy) is 1. The minimum Gasteiger partial charge on any atom is -0.457 e. The van der Waals surface area contributed by atoms with Gasteiger partial charge in [-0.05, 0) is 48.7 Å². The Hall–Kier alpha value is -3.60. The van der Waals surface area contributed by atoms with Crippen molar-refractivity contribution in [1.82, 2.24) is 15.0 Å². The summed E-state index contributed by atoms with van der Waals surface area (Å²) < 4.78 is 31.4. The number of anilines is 1. The molecule has 1 aromatic heterocycles. The Balaban J connectivity index is 1.36. The molecule has 0 atom stereocenters. The van der Waals surface area contributed by atoms with Gasteiger partial charge in [-0.3, -0.25) is 18.7 Å². The molecular formula is C22H22N4O6S. The SMILES string of the molecule is CS(=O)(=O)N1CCCc2cc(C(=O)COC(=O)CCn3nnc4ccccc4c3=O)ccc21. The number of aromatic nitrogens is 3. The number of nitrogens with zero attached hydrogens (tertiary/aromatic N) is 4. The molecule has 4 rings (SSSR count). The summed E-state index contributed by atoms with van der Waals surface area (Å²) in [5, 5.41) is 8.17. The Bertz CT molecular complexity index is 1400. The van der Waals surface area contributed by atoms with Gasteiger partial charge in [-0.2, -0.15) is 0 Å². The maximum Gasteiger partial charge on any atom is 0.308 e. The molecule has 0 spiro atoms. The van der Waals surface area contributed by atoms with Crippen molar-refractivity contribution in [2.24, 2.45) is 0 Å². The van der Waals surface area contributed by atoms with Crippen LogP contribution in [0.2, 0.25) is 0 Å². The van der Waals surface area contributed by atoms with Crippen molar-refractivity contribution in [3.05, 3.63) is 63.9 Å². The maximum atomic E-state index is 12.5. The third-order valence-electron chi connectivity index (χ3n) is 5.40. The lowest BCUT2D eigenvalue weighted by atomic mass is 9.99. The van der Waals surface area contributed by atoms with Crippen molar-refractivity contribution in [3.8, 4) is 0 Å². The summed E-state index contributed by atoms with van der Waals surface area (Å²) in [5.41, 5.74) is 1.78. The monoisotopic (exact) mass is 470 g/mol. The fourth-order valence-electron chi connectivity index (χ4n) is 3.75. The zero-order chi connectivity index (χ0) is 23.6. The first-order valence-corrected chi connectivity index (χ1v) is 12.2. The largest absolute Gasteiger partial charge is 0.457 e. The summed E-state index contributed by atoms with van der Waals surface area (Å²) in [5.74, 6) is -1.04. The van der Waals surface area contributed by atoms with Gasteiger partial charge in [0.2, 0.25) is 10.0 Å². The van der Waals surface area contributed by atoms with Gasteiger partial charge in [0.05, 0.1) is 30.3 Å². The van der Waals surface area contributed by atoms with E-state index in [1.165, 1.54) is 10.4 Å². The van der Waals surface area contributed by atoms with E-state index in [-0.39, 0.29) is 18.5 Å². The molecule has 0 fully saturated rings. The van der Waals surface area contributed by atoms with E-state index >= 15 is 0 Å². The molecule has 0 saturated heterocycles. The number of fused-ring (bicyclic) bond motifs is 2. The van der Waals surface area contributed by atoms with E-state index in [9.17, 15) is 22.8 Å². The molecular weight excluding hydrogens is 448 g/mol. The number of aryl methyl sites for hydroxylation is 2. The van der Waals surface area contributed by atoms with Gasteiger partial charge in [0.1, 0.15) is 5.52 Å². The summed E-state index contributed by atoms with van der Waals surface area (Å²) >= 11 is 0. The van der Waals surface area contributed by atoms with Gasteiger partial charge < -0.3 is 4.74 Å². The predicted molar refractivity (Wildman–Crippen MR) is 121 cm³/mol. The number of rotatable bonds is 7. The number of Topliss-reactive ketones (excluding diaryl/α,β-unsaturated/α-hetero) is 1. The van der Waals surface area contributed by atoms with Crippen molar-refractivity contribution < 1.29 is 22.7 Å². The van der Waals surface area contributed by atoms with Crippen LogP contribution in [0.25, 0.3) is 10.9 Å². The topological polar surface area (TPSA) is 129 Å². The number of benzene rings is 2. The molecule has 0 amide bonds. The second kappa shape index (κ2) is 9.10. The summed E-state index contributed by atoms with van der Waals surface area (Å²) in [4.78, 5) is 37.0. The van der Waals surface area contributed by atoms with Crippen LogP contribution < -0.4 is 9.86 Å². The molecule has 2 heterocycles. The Kier molecular flexibility index (Phi) is 6.23. The van der Waals surface area contributed by atoms with Gasteiger partial charge in [-0.15, -0.1) is 5.10 Å². The molecule has 2 aromatic carbocycles. The number of sulfonamides is 1. The van der Waals surface area contributed by atoms with Crippen LogP contribution in [0, 0.1) is 0 Å². The third kappa shape index (κ3) is 4.92. The third-order valence-corrected chi connectivity index (χ3v) is 6.58. The standard InChI is InChI=1S/C22H22N4O6S/c1-33(30,31)26-11-4-5-15-13-16(8-9-19(15)26)20(27)14-32-21(28)10-12-25-22(29)17-6-2-3-7-18(17)23-24-25/h2-3,6-9,13H,4-5,10-12,14H2,1H3. The van der Waals surface area contributed by atoms with Crippen LogP contribution in [-0.2, 0) is 32.5 Å². The molecule has 0 saturated carbocycles. The van der Waals surface area contributed by atoms with Gasteiger partial charge in [0.25, 0.3) is 5.56 Å². The molecule has 1 aliphatic rings. The molecule has 0 aliphatic carbocycles. The van der Waals surface area contributed by atoms with E-state index in [0.717, 1.165) is 16.5 Å². The first-order chi connectivity index (χ1) is 15.7. The van der Waals surface area contributed by atoms with Crippen molar-refractivity contribution in [1.29, 1.82) is 0 Å². The highest BCUT2D eigenvalue weighted by Gasteiger charge is 2.25. The average Bonchev–Trinajstić information content (AvgIpc) is 2.81. The molecule has 1 aliphatic heterocycles. The predicted octanol–water partition coefficient (Wildman–Crippen LogP) is 1.32. The van der Waals surface area contributed by atoms with Crippen LogP contribution in [0.1, 0.15) is 28.8 Å². The van der Waals surface area contributed by atoms with E-state index < -0.39 is 28.4 Å². The van der Waals surface area contributed by atoms with Crippen molar-refractivity contribution >= 4 is 38.4 Å². The summed E-state index contributed by atoms with van der Waals surface area (Å²) in [6.45, 7) is -0.0724. The second-order valence-corrected chi connectivity index (χ2v) is 9.66. The number of carbonyl (C=O) groups excluding carboxylic acids is 2. The average molecular weight is 471 g/mol. The second-order valence-electron chi connectivity index (χ2n) is 7.75. The maximum absolute atomic E-state index is 12.5. The van der Waals surface area contributed by atoms with Gasteiger partial charge >= 0.3 is 5.97 Å². The van der Waals surface area contributed by atoms with Crippen molar-refractivity contribution in [3.63, 3.8) is 0 Å². The molecule has 10 nitrogen and oxygen atoms in total. The van der Waals surface area contributed by atoms with E-state index in [1.54, 1.807) is 36.4 Å².